The number of nitrogens with one attached hydrogen (secondary N) is 1. The van der Waals surface area contributed by atoms with E-state index in [1.165, 1.54) is 10.8 Å². The van der Waals surface area contributed by atoms with Crippen LogP contribution in [0, 0.1) is 6.92 Å². The fourth-order valence-electron chi connectivity index (χ4n) is 2.80. The molecule has 0 saturated carbocycles. The Kier molecular flexibility index (Phi) is 6.86. The molecule has 10 heteroatoms. The molecule has 0 aromatic carbocycles. The lowest BCUT2D eigenvalue weighted by molar-refractivity contribution is 0.00982. The average molecular weight is 402 g/mol. The van der Waals surface area contributed by atoms with Crippen molar-refractivity contribution >= 4 is 7.60 Å². The molecule has 0 saturated heterocycles. The third-order valence-electron chi connectivity index (χ3n) is 3.89. The summed E-state index contributed by atoms with van der Waals surface area (Å²) in [4.78, 5) is 26.0. The molecule has 9 nitrogen and oxygen atoms in total. The number of aryl methyl sites for hydroxylation is 1. The molecule has 0 fully saturated rings. The minimum atomic E-state index is -3.72. The van der Waals surface area contributed by atoms with Crippen LogP contribution in [-0.2, 0) is 18.3 Å². The normalized spacial score (nSPS) is 20.7. The molecule has 2 N–H and O–H groups in total. The van der Waals surface area contributed by atoms with E-state index in [4.69, 9.17) is 13.8 Å². The summed E-state index contributed by atoms with van der Waals surface area (Å²) in [6, 6.07) is -0.576. The predicted octanol–water partition coefficient (Wildman–Crippen LogP) is 2.05. The fourth-order valence-corrected chi connectivity index (χ4v) is 4.76. The number of hydrogen-bond acceptors (Lipinski definition) is 7. The highest BCUT2D eigenvalue weighted by Crippen LogP contribution is 2.60. The number of aromatic amines is 1. The maximum atomic E-state index is 13.2. The van der Waals surface area contributed by atoms with E-state index in [0.29, 0.717) is 5.56 Å². The van der Waals surface area contributed by atoms with Gasteiger partial charge in [-0.1, -0.05) is 0 Å². The van der Waals surface area contributed by atoms with Gasteiger partial charge in [0.2, 0.25) is 5.50 Å². The van der Waals surface area contributed by atoms with Crippen LogP contribution in [0.15, 0.2) is 27.4 Å². The van der Waals surface area contributed by atoms with E-state index < -0.39 is 37.6 Å². The van der Waals surface area contributed by atoms with Gasteiger partial charge in [0, 0.05) is 11.8 Å². The zero-order chi connectivity index (χ0) is 20.4. The van der Waals surface area contributed by atoms with Crippen LogP contribution in [0.5, 0.6) is 0 Å². The highest BCUT2D eigenvalue weighted by atomic mass is 31.2. The van der Waals surface area contributed by atoms with E-state index >= 15 is 0 Å². The Balaban J connectivity index is 2.40. The van der Waals surface area contributed by atoms with Crippen molar-refractivity contribution in [1.82, 2.24) is 9.55 Å². The molecular formula is C17H27N2O7P. The lowest BCUT2D eigenvalue weighted by Gasteiger charge is -2.34. The monoisotopic (exact) mass is 402 g/mol. The molecule has 0 radical (unpaired) electrons. The van der Waals surface area contributed by atoms with Crippen LogP contribution in [0.25, 0.3) is 0 Å². The van der Waals surface area contributed by atoms with Gasteiger partial charge in [-0.15, -0.1) is 0 Å². The van der Waals surface area contributed by atoms with Gasteiger partial charge in [0.15, 0.2) is 0 Å². The van der Waals surface area contributed by atoms with Crippen LogP contribution in [0.2, 0.25) is 0 Å². The SMILES string of the molecule is Cc1cn([C@@H]2CC=C(P(=O)(OC(C)C)OC(C)C)O[C@@H]2CO)c(=O)[nH]c1=O. The van der Waals surface area contributed by atoms with Crippen molar-refractivity contribution < 1.29 is 23.5 Å². The van der Waals surface area contributed by atoms with Crippen molar-refractivity contribution in [1.29, 1.82) is 0 Å². The molecular weight excluding hydrogens is 375 g/mol. The van der Waals surface area contributed by atoms with E-state index in [2.05, 4.69) is 4.98 Å². The molecule has 0 aliphatic carbocycles. The number of aromatic nitrogens is 2. The third kappa shape index (κ3) is 4.99. The Morgan fingerprint density at radius 2 is 1.89 bits per heavy atom. The number of H-pyrrole nitrogens is 1. The number of aliphatic hydroxyl groups is 1. The maximum absolute atomic E-state index is 13.2. The second-order valence-corrected chi connectivity index (χ2v) is 8.83. The van der Waals surface area contributed by atoms with Crippen molar-refractivity contribution in [2.45, 2.75) is 65.4 Å². The molecule has 2 rings (SSSR count). The topological polar surface area (TPSA) is 120 Å². The second kappa shape index (κ2) is 8.56. The molecule has 1 aliphatic heterocycles. The van der Waals surface area contributed by atoms with Crippen molar-refractivity contribution in [3.8, 4) is 0 Å². The van der Waals surface area contributed by atoms with E-state index in [1.54, 1.807) is 40.7 Å². The number of ether oxygens (including phenoxy) is 1. The zero-order valence-electron chi connectivity index (χ0n) is 16.2. The van der Waals surface area contributed by atoms with Crippen molar-refractivity contribution in [3.05, 3.63) is 44.2 Å². The largest absolute Gasteiger partial charge is 0.478 e. The average Bonchev–Trinajstić information content (AvgIpc) is 2.56. The summed E-state index contributed by atoms with van der Waals surface area (Å²) in [5.74, 6) is 0. The van der Waals surface area contributed by atoms with Crippen molar-refractivity contribution in [2.24, 2.45) is 0 Å². The molecule has 0 spiro atoms. The van der Waals surface area contributed by atoms with E-state index in [9.17, 15) is 19.3 Å². The van der Waals surface area contributed by atoms with Crippen LogP contribution < -0.4 is 11.2 Å². The highest BCUT2D eigenvalue weighted by molar-refractivity contribution is 7.58. The van der Waals surface area contributed by atoms with Crippen LogP contribution >= 0.6 is 7.60 Å². The molecule has 1 aromatic heterocycles. The van der Waals surface area contributed by atoms with Gasteiger partial charge in [-0.25, -0.2) is 4.79 Å². The van der Waals surface area contributed by atoms with Gasteiger partial charge >= 0.3 is 13.3 Å². The van der Waals surface area contributed by atoms with Gasteiger partial charge < -0.3 is 18.9 Å². The van der Waals surface area contributed by atoms with Crippen LogP contribution in [0.1, 0.15) is 45.7 Å². The van der Waals surface area contributed by atoms with E-state index in [-0.39, 0.29) is 24.1 Å². The first-order chi connectivity index (χ1) is 12.6. The first-order valence-corrected chi connectivity index (χ1v) is 10.4. The van der Waals surface area contributed by atoms with Gasteiger partial charge in [0.25, 0.3) is 5.56 Å². The van der Waals surface area contributed by atoms with E-state index in [0.717, 1.165) is 0 Å². The lowest BCUT2D eigenvalue weighted by atomic mass is 10.1. The molecule has 0 amide bonds. The van der Waals surface area contributed by atoms with Gasteiger partial charge in [0.05, 0.1) is 24.9 Å². The number of allylic oxidation sites excluding steroid dienone is 1. The minimum Gasteiger partial charge on any atom is -0.478 e. The molecule has 27 heavy (non-hydrogen) atoms. The molecule has 2 heterocycles. The Bertz CT molecular complexity index is 842. The van der Waals surface area contributed by atoms with Crippen LogP contribution in [-0.4, -0.2) is 39.6 Å². The summed E-state index contributed by atoms with van der Waals surface area (Å²) in [6.07, 6.45) is 1.63. The number of rotatable bonds is 7. The fraction of sp³-hybridized carbons (Fsp3) is 0.647. The summed E-state index contributed by atoms with van der Waals surface area (Å²) in [5, 5.41) is 9.77. The smallest absolute Gasteiger partial charge is 0.395 e. The lowest BCUT2D eigenvalue weighted by Crippen LogP contribution is -2.41. The van der Waals surface area contributed by atoms with Gasteiger partial charge in [0.1, 0.15) is 6.10 Å². The van der Waals surface area contributed by atoms with Crippen molar-refractivity contribution in [3.63, 3.8) is 0 Å². The summed E-state index contributed by atoms with van der Waals surface area (Å²) >= 11 is 0. The zero-order valence-corrected chi connectivity index (χ0v) is 17.1. The highest BCUT2D eigenvalue weighted by Gasteiger charge is 2.40. The number of aliphatic hydroxyl groups excluding tert-OH is 1. The predicted molar refractivity (Wildman–Crippen MR) is 99.8 cm³/mol. The molecule has 1 aromatic rings. The van der Waals surface area contributed by atoms with E-state index in [1.807, 2.05) is 0 Å². The Labute approximate surface area is 157 Å². The molecule has 1 aliphatic rings. The molecule has 0 unspecified atom stereocenters. The standard InChI is InChI=1S/C17H27N2O7P/c1-10(2)25-27(23,26-11(3)4)15-7-6-13(14(9-20)24-15)19-8-12(5)16(21)18-17(19)22/h7-8,10-11,13-14,20H,6,9H2,1-5H3,(H,18,21,22)/t13-,14-/m1/s1. The minimum absolute atomic E-state index is 0.0226. The Morgan fingerprint density at radius 1 is 1.30 bits per heavy atom. The first kappa shape index (κ1) is 21.6. The van der Waals surface area contributed by atoms with Gasteiger partial charge in [-0.3, -0.25) is 18.9 Å². The quantitative estimate of drug-likeness (QED) is 0.670. The third-order valence-corrected chi connectivity index (χ3v) is 6.11. The summed E-state index contributed by atoms with van der Waals surface area (Å²) in [6.45, 7) is 8.08. The second-order valence-electron chi connectivity index (χ2n) is 6.97. The Morgan fingerprint density at radius 3 is 2.41 bits per heavy atom. The van der Waals surface area contributed by atoms with Crippen molar-refractivity contribution in [2.75, 3.05) is 6.61 Å². The van der Waals surface area contributed by atoms with Gasteiger partial charge in [-0.2, -0.15) is 0 Å². The molecule has 152 valence electrons. The summed E-state index contributed by atoms with van der Waals surface area (Å²) in [7, 11) is -3.72. The summed E-state index contributed by atoms with van der Waals surface area (Å²) < 4.78 is 31.3. The molecule has 0 bridgehead atoms. The van der Waals surface area contributed by atoms with Crippen LogP contribution in [0.4, 0.5) is 0 Å². The first-order valence-electron chi connectivity index (χ1n) is 8.84. The van der Waals surface area contributed by atoms with Crippen LogP contribution in [0.3, 0.4) is 0 Å². The maximum Gasteiger partial charge on any atom is 0.395 e. The molecule has 2 atom stereocenters. The number of nitrogens with zero attached hydrogens (tertiary/aromatic N) is 1. The summed E-state index contributed by atoms with van der Waals surface area (Å²) in [5.41, 5.74) is -0.688. The number of hydrogen-bond donors (Lipinski definition) is 2. The van der Waals surface area contributed by atoms with Gasteiger partial charge in [-0.05, 0) is 47.1 Å². The Hall–Kier alpha value is -1.67.